The predicted octanol–water partition coefficient (Wildman–Crippen LogP) is 3.57. The molecule has 0 atom stereocenters. The topological polar surface area (TPSA) is 64.9 Å². The number of benzene rings is 1. The maximum Gasteiger partial charge on any atom is 0.319 e. The largest absolute Gasteiger partial charge is 0.338 e. The first kappa shape index (κ1) is 13.8. The molecule has 0 spiro atoms. The summed E-state index contributed by atoms with van der Waals surface area (Å²) >= 11 is 1.11. The molecule has 0 aromatic heterocycles. The molecule has 0 bridgehead atoms. The van der Waals surface area contributed by atoms with Crippen LogP contribution in [0.1, 0.15) is 25.7 Å². The summed E-state index contributed by atoms with van der Waals surface area (Å²) in [5, 5.41) is 16.3. The molecule has 2 rings (SSSR count). The van der Waals surface area contributed by atoms with Crippen LogP contribution in [0.4, 0.5) is 10.5 Å². The fourth-order valence-corrected chi connectivity index (χ4v) is 2.66. The molecule has 100 valence electrons. The fourth-order valence-electron chi connectivity index (χ4n) is 2.29. The first-order valence-electron chi connectivity index (χ1n) is 6.49. The summed E-state index contributed by atoms with van der Waals surface area (Å²) in [5.74, 6) is 0.639. The first-order chi connectivity index (χ1) is 9.28. The Bertz CT molecular complexity index is 461. The number of nitriles is 1. The van der Waals surface area contributed by atoms with E-state index in [9.17, 15) is 4.79 Å². The number of nitrogens with zero attached hydrogens (tertiary/aromatic N) is 1. The van der Waals surface area contributed by atoms with E-state index in [0.717, 1.165) is 28.9 Å². The third-order valence-electron chi connectivity index (χ3n) is 3.30. The van der Waals surface area contributed by atoms with E-state index in [1.54, 1.807) is 12.1 Å². The molecule has 1 aromatic rings. The molecule has 0 radical (unpaired) electrons. The first-order valence-corrected chi connectivity index (χ1v) is 7.30. The Morgan fingerprint density at radius 3 is 2.63 bits per heavy atom. The highest BCUT2D eigenvalue weighted by Gasteiger charge is 2.15. The molecular weight excluding hydrogens is 258 g/mol. The third-order valence-corrected chi connectivity index (χ3v) is 3.90. The smallest absolute Gasteiger partial charge is 0.319 e. The maximum atomic E-state index is 11.7. The number of nitrogens with one attached hydrogen (secondary N) is 2. The van der Waals surface area contributed by atoms with Crippen LogP contribution in [0.25, 0.3) is 0 Å². The Labute approximate surface area is 117 Å². The zero-order valence-corrected chi connectivity index (χ0v) is 11.5. The van der Waals surface area contributed by atoms with Gasteiger partial charge in [-0.05, 0) is 54.8 Å². The van der Waals surface area contributed by atoms with Crippen LogP contribution in [-0.4, -0.2) is 12.6 Å². The van der Waals surface area contributed by atoms with Gasteiger partial charge in [-0.25, -0.2) is 4.79 Å². The number of anilines is 1. The Balaban J connectivity index is 1.76. The van der Waals surface area contributed by atoms with Gasteiger partial charge < -0.3 is 10.6 Å². The number of hydrogen-bond donors (Lipinski definition) is 2. The van der Waals surface area contributed by atoms with Gasteiger partial charge >= 0.3 is 6.03 Å². The summed E-state index contributed by atoms with van der Waals surface area (Å²) in [6, 6.07) is 7.08. The van der Waals surface area contributed by atoms with E-state index in [1.807, 2.05) is 17.5 Å². The minimum Gasteiger partial charge on any atom is -0.338 e. The molecule has 0 heterocycles. The zero-order valence-electron chi connectivity index (χ0n) is 10.7. The lowest BCUT2D eigenvalue weighted by atomic mass is 10.1. The van der Waals surface area contributed by atoms with Crippen LogP contribution in [0.5, 0.6) is 0 Å². The van der Waals surface area contributed by atoms with Crippen molar-refractivity contribution < 1.29 is 4.79 Å². The lowest BCUT2D eigenvalue weighted by Gasteiger charge is -2.11. The minimum atomic E-state index is -0.160. The summed E-state index contributed by atoms with van der Waals surface area (Å²) < 4.78 is 0. The Kier molecular flexibility index (Phi) is 5.10. The quantitative estimate of drug-likeness (QED) is 0.652. The summed E-state index contributed by atoms with van der Waals surface area (Å²) in [7, 11) is 0. The molecule has 2 N–H and O–H groups in total. The number of carbonyl (C=O) groups is 1. The van der Waals surface area contributed by atoms with Gasteiger partial charge in [0.15, 0.2) is 0 Å². The van der Waals surface area contributed by atoms with Gasteiger partial charge in [0.2, 0.25) is 0 Å². The second-order valence-electron chi connectivity index (χ2n) is 4.70. The van der Waals surface area contributed by atoms with Gasteiger partial charge in [0.25, 0.3) is 0 Å². The molecule has 0 unspecified atom stereocenters. The average molecular weight is 275 g/mol. The van der Waals surface area contributed by atoms with Crippen molar-refractivity contribution >= 4 is 23.5 Å². The number of thiocyanates is 1. The average Bonchev–Trinajstić information content (AvgIpc) is 2.92. The monoisotopic (exact) mass is 275 g/mol. The second kappa shape index (κ2) is 7.05. The van der Waals surface area contributed by atoms with Crippen LogP contribution >= 0.6 is 11.8 Å². The highest BCUT2D eigenvalue weighted by Crippen LogP contribution is 2.23. The zero-order chi connectivity index (χ0) is 13.5. The molecule has 19 heavy (non-hydrogen) atoms. The lowest BCUT2D eigenvalue weighted by molar-refractivity contribution is 0.250. The standard InChI is InChI=1S/C14H17N3OS/c15-10-19-13-7-5-12(6-8-13)17-14(18)16-9-11-3-1-2-4-11/h5-8,11H,1-4,9H2,(H2,16,17,18). The molecule has 5 heteroatoms. The number of urea groups is 1. The van der Waals surface area contributed by atoms with Crippen molar-refractivity contribution in [2.75, 3.05) is 11.9 Å². The van der Waals surface area contributed by atoms with Crippen molar-refractivity contribution in [2.24, 2.45) is 5.92 Å². The van der Waals surface area contributed by atoms with Crippen LogP contribution in [0.2, 0.25) is 0 Å². The normalized spacial score (nSPS) is 14.9. The number of carbonyl (C=O) groups excluding carboxylic acids is 1. The van der Waals surface area contributed by atoms with Gasteiger partial charge in [-0.2, -0.15) is 5.26 Å². The van der Waals surface area contributed by atoms with Crippen LogP contribution in [0.3, 0.4) is 0 Å². The third kappa shape index (κ3) is 4.49. The van der Waals surface area contributed by atoms with Crippen molar-refractivity contribution in [3.8, 4) is 5.40 Å². The summed E-state index contributed by atoms with van der Waals surface area (Å²) in [4.78, 5) is 12.6. The van der Waals surface area contributed by atoms with Crippen LogP contribution < -0.4 is 10.6 Å². The van der Waals surface area contributed by atoms with E-state index in [4.69, 9.17) is 5.26 Å². The highest BCUT2D eigenvalue weighted by molar-refractivity contribution is 8.03. The molecule has 0 aliphatic heterocycles. The number of hydrogen-bond acceptors (Lipinski definition) is 3. The van der Waals surface area contributed by atoms with E-state index in [-0.39, 0.29) is 6.03 Å². The van der Waals surface area contributed by atoms with Gasteiger partial charge in [-0.1, -0.05) is 12.8 Å². The lowest BCUT2D eigenvalue weighted by Crippen LogP contribution is -2.32. The van der Waals surface area contributed by atoms with Gasteiger partial charge in [0.05, 0.1) is 0 Å². The van der Waals surface area contributed by atoms with Gasteiger partial charge in [-0.15, -0.1) is 0 Å². The molecular formula is C14H17N3OS. The molecule has 0 saturated heterocycles. The van der Waals surface area contributed by atoms with Crippen molar-refractivity contribution in [3.63, 3.8) is 0 Å². The van der Waals surface area contributed by atoms with E-state index in [0.29, 0.717) is 5.92 Å². The van der Waals surface area contributed by atoms with Crippen molar-refractivity contribution in [3.05, 3.63) is 24.3 Å². The van der Waals surface area contributed by atoms with Crippen molar-refractivity contribution in [2.45, 2.75) is 30.6 Å². The van der Waals surface area contributed by atoms with Crippen LogP contribution in [0.15, 0.2) is 29.2 Å². The molecule has 1 aliphatic carbocycles. The summed E-state index contributed by atoms with van der Waals surface area (Å²) in [6.45, 7) is 0.758. The number of thioether (sulfide) groups is 1. The maximum absolute atomic E-state index is 11.7. The molecule has 2 amide bonds. The van der Waals surface area contributed by atoms with Crippen LogP contribution in [-0.2, 0) is 0 Å². The molecule has 1 aliphatic rings. The SMILES string of the molecule is N#CSc1ccc(NC(=O)NCC2CCCC2)cc1. The van der Waals surface area contributed by atoms with Gasteiger partial charge in [0.1, 0.15) is 5.40 Å². The van der Waals surface area contributed by atoms with Gasteiger partial charge in [0, 0.05) is 17.1 Å². The number of rotatable bonds is 4. The molecule has 4 nitrogen and oxygen atoms in total. The predicted molar refractivity (Wildman–Crippen MR) is 76.9 cm³/mol. The van der Waals surface area contributed by atoms with Crippen molar-refractivity contribution in [1.29, 1.82) is 5.26 Å². The van der Waals surface area contributed by atoms with Crippen molar-refractivity contribution in [1.82, 2.24) is 5.32 Å². The summed E-state index contributed by atoms with van der Waals surface area (Å²) in [6.07, 6.45) is 5.01. The highest BCUT2D eigenvalue weighted by atomic mass is 32.2. The second-order valence-corrected chi connectivity index (χ2v) is 5.56. The summed E-state index contributed by atoms with van der Waals surface area (Å²) in [5.41, 5.74) is 0.742. The van der Waals surface area contributed by atoms with E-state index in [1.165, 1.54) is 25.7 Å². The van der Waals surface area contributed by atoms with Gasteiger partial charge in [-0.3, -0.25) is 0 Å². The van der Waals surface area contributed by atoms with Crippen LogP contribution in [0, 0.1) is 16.6 Å². The Morgan fingerprint density at radius 2 is 2.00 bits per heavy atom. The Hall–Kier alpha value is -1.67. The number of amides is 2. The molecule has 1 fully saturated rings. The molecule has 1 saturated carbocycles. The molecule has 1 aromatic carbocycles. The minimum absolute atomic E-state index is 0.160. The van der Waals surface area contributed by atoms with E-state index in [2.05, 4.69) is 10.6 Å². The van der Waals surface area contributed by atoms with E-state index < -0.39 is 0 Å². The van der Waals surface area contributed by atoms with E-state index >= 15 is 0 Å². The fraction of sp³-hybridized carbons (Fsp3) is 0.429. The Morgan fingerprint density at radius 1 is 1.32 bits per heavy atom.